The molecule has 1 aromatic heterocycles. The number of aromatic nitrogens is 2. The van der Waals surface area contributed by atoms with E-state index < -0.39 is 0 Å². The third-order valence-corrected chi connectivity index (χ3v) is 2.94. The van der Waals surface area contributed by atoms with Gasteiger partial charge < -0.3 is 0 Å². The van der Waals surface area contributed by atoms with Gasteiger partial charge in [0.15, 0.2) is 5.78 Å². The molecular formula is C11H16N2O. The first-order valence-corrected chi connectivity index (χ1v) is 5.38. The van der Waals surface area contributed by atoms with Crippen molar-refractivity contribution in [2.45, 2.75) is 45.1 Å². The molecule has 0 saturated heterocycles. The smallest absolute Gasteiger partial charge is 0.165 e. The van der Waals surface area contributed by atoms with Crippen LogP contribution in [0.2, 0.25) is 0 Å². The Bertz CT molecular complexity index is 324. The van der Waals surface area contributed by atoms with E-state index in [1.165, 1.54) is 25.7 Å². The van der Waals surface area contributed by atoms with Gasteiger partial charge in [-0.15, -0.1) is 0 Å². The largest absolute Gasteiger partial charge is 0.294 e. The van der Waals surface area contributed by atoms with E-state index in [1.54, 1.807) is 6.20 Å². The molecule has 0 atom stereocenters. The van der Waals surface area contributed by atoms with Gasteiger partial charge in [0.05, 0.1) is 17.8 Å². The maximum absolute atomic E-state index is 11.4. The van der Waals surface area contributed by atoms with E-state index in [0.29, 0.717) is 12.5 Å². The zero-order valence-corrected chi connectivity index (χ0v) is 8.57. The fraction of sp³-hybridized carbons (Fsp3) is 0.636. The Morgan fingerprint density at radius 2 is 2.29 bits per heavy atom. The van der Waals surface area contributed by atoms with E-state index in [9.17, 15) is 4.79 Å². The van der Waals surface area contributed by atoms with E-state index in [-0.39, 0.29) is 5.78 Å². The van der Waals surface area contributed by atoms with Crippen molar-refractivity contribution >= 4 is 5.78 Å². The molecule has 1 saturated carbocycles. The van der Waals surface area contributed by atoms with Gasteiger partial charge in [0, 0.05) is 12.6 Å². The van der Waals surface area contributed by atoms with Crippen molar-refractivity contribution in [3.63, 3.8) is 0 Å². The third-order valence-electron chi connectivity index (χ3n) is 2.94. The van der Waals surface area contributed by atoms with Crippen LogP contribution >= 0.6 is 0 Å². The van der Waals surface area contributed by atoms with Crippen molar-refractivity contribution in [1.29, 1.82) is 0 Å². The fourth-order valence-corrected chi connectivity index (χ4v) is 2.05. The summed E-state index contributed by atoms with van der Waals surface area (Å²) < 4.78 is 1.97. The molecule has 0 spiro atoms. The van der Waals surface area contributed by atoms with Crippen LogP contribution in [0, 0.1) is 0 Å². The fourth-order valence-electron chi connectivity index (χ4n) is 2.05. The molecule has 0 unspecified atom stereocenters. The summed E-state index contributed by atoms with van der Waals surface area (Å²) in [5.41, 5.74) is 0.763. The minimum Gasteiger partial charge on any atom is -0.294 e. The Hall–Kier alpha value is -1.12. The summed E-state index contributed by atoms with van der Waals surface area (Å²) in [5.74, 6) is 0.189. The molecule has 0 amide bonds. The van der Waals surface area contributed by atoms with Crippen molar-refractivity contribution in [2.24, 2.45) is 0 Å². The Labute approximate surface area is 84.1 Å². The number of ketones is 1. The standard InChI is InChI=1S/C11H16N2O/c1-2-11(14)9-7-12-13(8-9)10-5-3-4-6-10/h7-8,10H,2-6H2,1H3. The van der Waals surface area contributed by atoms with E-state index >= 15 is 0 Å². The molecule has 1 fully saturated rings. The van der Waals surface area contributed by atoms with Crippen LogP contribution in [0.5, 0.6) is 0 Å². The summed E-state index contributed by atoms with van der Waals surface area (Å²) in [6, 6.07) is 0.536. The molecule has 2 rings (SSSR count). The lowest BCUT2D eigenvalue weighted by atomic mass is 10.2. The number of hydrogen-bond acceptors (Lipinski definition) is 2. The van der Waals surface area contributed by atoms with E-state index in [4.69, 9.17) is 0 Å². The van der Waals surface area contributed by atoms with E-state index in [1.807, 2.05) is 17.8 Å². The van der Waals surface area contributed by atoms with Crippen LogP contribution in [0.25, 0.3) is 0 Å². The first kappa shape index (κ1) is 9.44. The highest BCUT2D eigenvalue weighted by atomic mass is 16.1. The van der Waals surface area contributed by atoms with Gasteiger partial charge in [-0.1, -0.05) is 19.8 Å². The molecule has 1 aromatic rings. The van der Waals surface area contributed by atoms with Crippen LogP contribution in [0.1, 0.15) is 55.4 Å². The van der Waals surface area contributed by atoms with E-state index in [0.717, 1.165) is 5.56 Å². The molecule has 0 aliphatic heterocycles. The second-order valence-corrected chi connectivity index (χ2v) is 3.92. The van der Waals surface area contributed by atoms with Gasteiger partial charge in [0.1, 0.15) is 0 Å². The van der Waals surface area contributed by atoms with Gasteiger partial charge in [-0.25, -0.2) is 0 Å². The van der Waals surface area contributed by atoms with Crippen LogP contribution in [-0.2, 0) is 0 Å². The minimum absolute atomic E-state index is 0.189. The van der Waals surface area contributed by atoms with Crippen LogP contribution in [-0.4, -0.2) is 15.6 Å². The Morgan fingerprint density at radius 1 is 1.57 bits per heavy atom. The summed E-state index contributed by atoms with van der Waals surface area (Å²) in [6.45, 7) is 1.88. The molecule has 14 heavy (non-hydrogen) atoms. The minimum atomic E-state index is 0.189. The Kier molecular flexibility index (Phi) is 2.66. The Morgan fingerprint density at radius 3 is 2.93 bits per heavy atom. The summed E-state index contributed by atoms with van der Waals surface area (Å²) >= 11 is 0. The van der Waals surface area contributed by atoms with Gasteiger partial charge >= 0.3 is 0 Å². The quantitative estimate of drug-likeness (QED) is 0.690. The molecule has 1 aliphatic rings. The van der Waals surface area contributed by atoms with Crippen molar-refractivity contribution in [3.8, 4) is 0 Å². The monoisotopic (exact) mass is 192 g/mol. The van der Waals surface area contributed by atoms with Crippen LogP contribution < -0.4 is 0 Å². The lowest BCUT2D eigenvalue weighted by molar-refractivity contribution is 0.0988. The average Bonchev–Trinajstić information content (AvgIpc) is 2.86. The van der Waals surface area contributed by atoms with Gasteiger partial charge in [-0.05, 0) is 12.8 Å². The first-order valence-electron chi connectivity index (χ1n) is 5.38. The molecule has 0 N–H and O–H groups in total. The molecular weight excluding hydrogens is 176 g/mol. The first-order chi connectivity index (χ1) is 6.81. The second kappa shape index (κ2) is 3.95. The van der Waals surface area contributed by atoms with Crippen LogP contribution in [0.4, 0.5) is 0 Å². The van der Waals surface area contributed by atoms with Gasteiger partial charge in [0.2, 0.25) is 0 Å². The van der Waals surface area contributed by atoms with Crippen molar-refractivity contribution in [1.82, 2.24) is 9.78 Å². The highest BCUT2D eigenvalue weighted by Gasteiger charge is 2.18. The molecule has 1 heterocycles. The summed E-state index contributed by atoms with van der Waals surface area (Å²) in [7, 11) is 0. The number of hydrogen-bond donors (Lipinski definition) is 0. The number of carbonyl (C=O) groups is 1. The van der Waals surface area contributed by atoms with Gasteiger partial charge in [0.25, 0.3) is 0 Å². The van der Waals surface area contributed by atoms with Gasteiger partial charge in [-0.2, -0.15) is 5.10 Å². The second-order valence-electron chi connectivity index (χ2n) is 3.92. The zero-order chi connectivity index (χ0) is 9.97. The SMILES string of the molecule is CCC(=O)c1cnn(C2CCCC2)c1. The van der Waals surface area contributed by atoms with Crippen molar-refractivity contribution in [2.75, 3.05) is 0 Å². The number of carbonyl (C=O) groups excluding carboxylic acids is 1. The summed E-state index contributed by atoms with van der Waals surface area (Å²) in [4.78, 5) is 11.4. The van der Waals surface area contributed by atoms with Gasteiger partial charge in [-0.3, -0.25) is 9.48 Å². The number of nitrogens with zero attached hydrogens (tertiary/aromatic N) is 2. The van der Waals surface area contributed by atoms with Crippen LogP contribution in [0.15, 0.2) is 12.4 Å². The third kappa shape index (κ3) is 1.72. The van der Waals surface area contributed by atoms with Crippen molar-refractivity contribution in [3.05, 3.63) is 18.0 Å². The predicted octanol–water partition coefficient (Wildman–Crippen LogP) is 2.59. The topological polar surface area (TPSA) is 34.9 Å². The zero-order valence-electron chi connectivity index (χ0n) is 8.57. The molecule has 0 aromatic carbocycles. The highest BCUT2D eigenvalue weighted by Crippen LogP contribution is 2.28. The van der Waals surface area contributed by atoms with E-state index in [2.05, 4.69) is 5.10 Å². The molecule has 76 valence electrons. The lowest BCUT2D eigenvalue weighted by Crippen LogP contribution is -2.04. The normalized spacial score (nSPS) is 17.5. The number of rotatable bonds is 3. The highest BCUT2D eigenvalue weighted by molar-refractivity contribution is 5.95. The Balaban J connectivity index is 2.12. The summed E-state index contributed by atoms with van der Waals surface area (Å²) in [5, 5.41) is 4.26. The maximum Gasteiger partial charge on any atom is 0.165 e. The average molecular weight is 192 g/mol. The van der Waals surface area contributed by atoms with Crippen LogP contribution in [0.3, 0.4) is 0 Å². The molecule has 3 heteroatoms. The predicted molar refractivity (Wildman–Crippen MR) is 54.4 cm³/mol. The van der Waals surface area contributed by atoms with Crippen molar-refractivity contribution < 1.29 is 4.79 Å². The molecule has 0 radical (unpaired) electrons. The summed E-state index contributed by atoms with van der Waals surface area (Å²) in [6.07, 6.45) is 9.17. The molecule has 1 aliphatic carbocycles. The number of Topliss-reactive ketones (excluding diaryl/α,β-unsaturated/α-hetero) is 1. The molecule has 3 nitrogen and oxygen atoms in total. The molecule has 0 bridgehead atoms. The lowest BCUT2D eigenvalue weighted by Gasteiger charge is -2.08. The maximum atomic E-state index is 11.4.